The maximum atomic E-state index is 8.90. The second kappa shape index (κ2) is 5.29. The van der Waals surface area contributed by atoms with Crippen molar-refractivity contribution in [3.8, 4) is 0 Å². The van der Waals surface area contributed by atoms with Crippen LogP contribution in [0.1, 0.15) is 24.8 Å². The first-order valence-corrected chi connectivity index (χ1v) is 7.07. The summed E-state index contributed by atoms with van der Waals surface area (Å²) in [6, 6.07) is 9.88. The molecule has 3 heteroatoms. The second-order valence-corrected chi connectivity index (χ2v) is 5.46. The second-order valence-electron chi connectivity index (χ2n) is 5.46. The van der Waals surface area contributed by atoms with Crippen molar-refractivity contribution in [2.24, 2.45) is 0 Å². The molecule has 0 saturated carbocycles. The molecule has 0 aliphatic carbocycles. The van der Waals surface area contributed by atoms with Gasteiger partial charge in [-0.25, -0.2) is 0 Å². The molecular formula is C15H22N2O. The molecule has 98 valence electrons. The Labute approximate surface area is 109 Å². The van der Waals surface area contributed by atoms with Crippen LogP contribution in [0, 0.1) is 0 Å². The van der Waals surface area contributed by atoms with Crippen molar-refractivity contribution in [3.63, 3.8) is 0 Å². The van der Waals surface area contributed by atoms with Crippen LogP contribution in [0.2, 0.25) is 0 Å². The molecule has 2 fully saturated rings. The van der Waals surface area contributed by atoms with Crippen LogP contribution in [-0.4, -0.2) is 41.8 Å². The van der Waals surface area contributed by atoms with E-state index >= 15 is 0 Å². The Morgan fingerprint density at radius 3 is 2.78 bits per heavy atom. The minimum atomic E-state index is 0.229. The molecule has 3 rings (SSSR count). The van der Waals surface area contributed by atoms with E-state index in [2.05, 4.69) is 34.5 Å². The molecular weight excluding hydrogens is 224 g/mol. The number of nitrogens with one attached hydrogen (secondary N) is 1. The van der Waals surface area contributed by atoms with Crippen LogP contribution >= 0.6 is 0 Å². The van der Waals surface area contributed by atoms with Gasteiger partial charge in [-0.1, -0.05) is 12.1 Å². The Balaban J connectivity index is 1.62. The monoisotopic (exact) mass is 246 g/mol. The number of anilines is 1. The topological polar surface area (TPSA) is 35.5 Å². The van der Waals surface area contributed by atoms with Crippen molar-refractivity contribution in [3.05, 3.63) is 29.8 Å². The predicted molar refractivity (Wildman–Crippen MR) is 73.9 cm³/mol. The largest absolute Gasteiger partial charge is 0.396 e. The molecule has 3 nitrogen and oxygen atoms in total. The van der Waals surface area contributed by atoms with E-state index in [9.17, 15) is 0 Å². The Morgan fingerprint density at radius 1 is 1.17 bits per heavy atom. The molecule has 0 amide bonds. The summed E-state index contributed by atoms with van der Waals surface area (Å²) < 4.78 is 0. The van der Waals surface area contributed by atoms with Gasteiger partial charge in [-0.05, 0) is 49.9 Å². The number of hydrogen-bond donors (Lipinski definition) is 2. The van der Waals surface area contributed by atoms with Gasteiger partial charge < -0.3 is 10.4 Å². The Hall–Kier alpha value is -1.06. The van der Waals surface area contributed by atoms with Crippen LogP contribution in [0.25, 0.3) is 0 Å². The molecule has 2 heterocycles. The summed E-state index contributed by atoms with van der Waals surface area (Å²) in [7, 11) is 0. The molecule has 1 aromatic carbocycles. The van der Waals surface area contributed by atoms with Gasteiger partial charge >= 0.3 is 0 Å². The molecule has 0 bridgehead atoms. The zero-order valence-corrected chi connectivity index (χ0v) is 10.8. The lowest BCUT2D eigenvalue weighted by Crippen LogP contribution is -2.33. The summed E-state index contributed by atoms with van der Waals surface area (Å²) in [5.41, 5.74) is 2.42. The molecule has 2 unspecified atom stereocenters. The number of aliphatic hydroxyl groups excluding tert-OH is 1. The van der Waals surface area contributed by atoms with Crippen LogP contribution in [-0.2, 0) is 6.42 Å². The van der Waals surface area contributed by atoms with E-state index < -0.39 is 0 Å². The molecule has 0 aromatic heterocycles. The van der Waals surface area contributed by atoms with Gasteiger partial charge in [-0.2, -0.15) is 0 Å². The Kier molecular flexibility index (Phi) is 3.52. The predicted octanol–water partition coefficient (Wildman–Crippen LogP) is 1.87. The van der Waals surface area contributed by atoms with Gasteiger partial charge in [0, 0.05) is 30.9 Å². The van der Waals surface area contributed by atoms with Gasteiger partial charge in [0.1, 0.15) is 0 Å². The first-order valence-electron chi connectivity index (χ1n) is 7.07. The van der Waals surface area contributed by atoms with E-state index in [0.717, 1.165) is 12.5 Å². The molecule has 0 radical (unpaired) electrons. The molecule has 2 atom stereocenters. The summed E-state index contributed by atoms with van der Waals surface area (Å²) in [6.45, 7) is 2.77. The van der Waals surface area contributed by atoms with Crippen molar-refractivity contribution >= 4 is 5.69 Å². The van der Waals surface area contributed by atoms with Crippen LogP contribution < -0.4 is 5.32 Å². The first-order chi connectivity index (χ1) is 8.86. The number of benzene rings is 1. The van der Waals surface area contributed by atoms with Crippen LogP contribution in [0.4, 0.5) is 5.69 Å². The zero-order valence-electron chi connectivity index (χ0n) is 10.8. The van der Waals surface area contributed by atoms with Crippen molar-refractivity contribution in [2.75, 3.05) is 25.0 Å². The normalized spacial score (nSPS) is 27.4. The summed E-state index contributed by atoms with van der Waals surface area (Å²) in [5.74, 6) is 0. The standard InChI is InChI=1S/C15H22N2O/c18-11-8-12-3-5-13(6-4-12)16-14-7-10-17-9-1-2-15(14)17/h3-6,14-16,18H,1-2,7-11H2. The van der Waals surface area contributed by atoms with Crippen LogP contribution in [0.5, 0.6) is 0 Å². The maximum Gasteiger partial charge on any atom is 0.0471 e. The van der Waals surface area contributed by atoms with E-state index in [0.29, 0.717) is 6.04 Å². The SMILES string of the molecule is OCCc1ccc(NC2CCN3CCCC23)cc1. The Morgan fingerprint density at radius 2 is 2.00 bits per heavy atom. The van der Waals surface area contributed by atoms with Gasteiger partial charge in [-0.15, -0.1) is 0 Å². The first kappa shape index (κ1) is 12.0. The third kappa shape index (κ3) is 2.38. The van der Waals surface area contributed by atoms with Crippen molar-refractivity contribution < 1.29 is 5.11 Å². The lowest BCUT2D eigenvalue weighted by atomic mass is 10.1. The molecule has 2 aliphatic rings. The number of nitrogens with zero attached hydrogens (tertiary/aromatic N) is 1. The minimum absolute atomic E-state index is 0.229. The quantitative estimate of drug-likeness (QED) is 0.851. The summed E-state index contributed by atoms with van der Waals surface area (Å²) in [5, 5.41) is 12.6. The van der Waals surface area contributed by atoms with E-state index in [-0.39, 0.29) is 6.61 Å². The molecule has 2 N–H and O–H groups in total. The number of hydrogen-bond acceptors (Lipinski definition) is 3. The maximum absolute atomic E-state index is 8.90. The molecule has 18 heavy (non-hydrogen) atoms. The third-order valence-electron chi connectivity index (χ3n) is 4.31. The molecule has 0 spiro atoms. The average molecular weight is 246 g/mol. The van der Waals surface area contributed by atoms with Crippen molar-refractivity contribution in [1.82, 2.24) is 4.90 Å². The van der Waals surface area contributed by atoms with Crippen molar-refractivity contribution in [2.45, 2.75) is 37.8 Å². The lowest BCUT2D eigenvalue weighted by Gasteiger charge is -2.22. The summed E-state index contributed by atoms with van der Waals surface area (Å²) >= 11 is 0. The van der Waals surface area contributed by atoms with Gasteiger partial charge in [0.2, 0.25) is 0 Å². The van der Waals surface area contributed by atoms with Gasteiger partial charge in [0.25, 0.3) is 0 Å². The molecule has 2 aliphatic heterocycles. The van der Waals surface area contributed by atoms with Crippen molar-refractivity contribution in [1.29, 1.82) is 0 Å². The zero-order chi connectivity index (χ0) is 12.4. The average Bonchev–Trinajstić information content (AvgIpc) is 2.97. The number of aliphatic hydroxyl groups is 1. The van der Waals surface area contributed by atoms with E-state index in [4.69, 9.17) is 5.11 Å². The number of fused-ring (bicyclic) bond motifs is 1. The van der Waals surface area contributed by atoms with E-state index in [1.165, 1.54) is 43.6 Å². The highest BCUT2D eigenvalue weighted by molar-refractivity contribution is 5.46. The fourth-order valence-electron chi connectivity index (χ4n) is 3.36. The molecule has 2 saturated heterocycles. The van der Waals surface area contributed by atoms with Gasteiger partial charge in [0.05, 0.1) is 0 Å². The Bertz CT molecular complexity index is 390. The van der Waals surface area contributed by atoms with E-state index in [1.54, 1.807) is 0 Å². The van der Waals surface area contributed by atoms with Crippen LogP contribution in [0.3, 0.4) is 0 Å². The van der Waals surface area contributed by atoms with Gasteiger partial charge in [-0.3, -0.25) is 4.90 Å². The van der Waals surface area contributed by atoms with Gasteiger partial charge in [0.15, 0.2) is 0 Å². The highest BCUT2D eigenvalue weighted by Crippen LogP contribution is 2.30. The highest BCUT2D eigenvalue weighted by atomic mass is 16.2. The molecule has 1 aromatic rings. The third-order valence-corrected chi connectivity index (χ3v) is 4.31. The fraction of sp³-hybridized carbons (Fsp3) is 0.600. The lowest BCUT2D eigenvalue weighted by molar-refractivity contribution is 0.299. The van der Waals surface area contributed by atoms with Crippen LogP contribution in [0.15, 0.2) is 24.3 Å². The van der Waals surface area contributed by atoms with E-state index in [1.807, 2.05) is 0 Å². The summed E-state index contributed by atoms with van der Waals surface area (Å²) in [4.78, 5) is 2.62. The smallest absolute Gasteiger partial charge is 0.0471 e. The fourth-order valence-corrected chi connectivity index (χ4v) is 3.36. The minimum Gasteiger partial charge on any atom is -0.396 e. The highest BCUT2D eigenvalue weighted by Gasteiger charge is 2.36. The summed E-state index contributed by atoms with van der Waals surface area (Å²) in [6.07, 6.45) is 4.72. The number of rotatable bonds is 4.